The molecule has 0 spiro atoms. The molecule has 0 aromatic heterocycles. The van der Waals surface area contributed by atoms with Crippen molar-refractivity contribution < 1.29 is 14.2 Å². The Morgan fingerprint density at radius 2 is 1.43 bits per heavy atom. The Morgan fingerprint density at radius 1 is 0.800 bits per heavy atom. The molecule has 0 radical (unpaired) electrons. The molecule has 2 saturated heterocycles. The van der Waals surface area contributed by atoms with Gasteiger partial charge in [-0.2, -0.15) is 0 Å². The third-order valence-electron chi connectivity index (χ3n) is 8.39. The maximum Gasteiger partial charge on any atom is 0.162 e. The molecule has 0 saturated carbocycles. The van der Waals surface area contributed by atoms with Gasteiger partial charge in [0.05, 0.1) is 20.3 Å². The van der Waals surface area contributed by atoms with Gasteiger partial charge >= 0.3 is 0 Å². The van der Waals surface area contributed by atoms with E-state index < -0.39 is 0 Å². The highest BCUT2D eigenvalue weighted by Crippen LogP contribution is 2.53. The summed E-state index contributed by atoms with van der Waals surface area (Å²) in [7, 11) is 3.38. The average molecular weight is 480 g/mol. The maximum absolute atomic E-state index is 6.68. The lowest BCUT2D eigenvalue weighted by Gasteiger charge is -2.40. The van der Waals surface area contributed by atoms with Gasteiger partial charge in [0.2, 0.25) is 0 Å². The van der Waals surface area contributed by atoms with Crippen molar-refractivity contribution in [2.75, 3.05) is 63.3 Å². The van der Waals surface area contributed by atoms with Crippen LogP contribution in [0, 0.1) is 20.8 Å². The number of piperazine rings is 1. The molecule has 1 unspecified atom stereocenters. The van der Waals surface area contributed by atoms with E-state index in [0.717, 1.165) is 43.4 Å². The Hall–Kier alpha value is -2.60. The van der Waals surface area contributed by atoms with Crippen LogP contribution >= 0.6 is 0 Å². The molecule has 35 heavy (non-hydrogen) atoms. The third-order valence-corrected chi connectivity index (χ3v) is 8.39. The summed E-state index contributed by atoms with van der Waals surface area (Å²) in [4.78, 5) is 7.70. The van der Waals surface area contributed by atoms with Crippen molar-refractivity contribution in [3.8, 4) is 17.2 Å². The van der Waals surface area contributed by atoms with E-state index in [1.165, 1.54) is 59.6 Å². The minimum Gasteiger partial charge on any atom is -0.493 e. The molecule has 1 atom stereocenters. The zero-order valence-electron chi connectivity index (χ0n) is 22.5. The first kappa shape index (κ1) is 24.1. The molecule has 6 nitrogen and oxygen atoms in total. The summed E-state index contributed by atoms with van der Waals surface area (Å²) in [6.07, 6.45) is 2.58. The summed E-state index contributed by atoms with van der Waals surface area (Å²) in [6.45, 7) is 17.7. The van der Waals surface area contributed by atoms with E-state index in [4.69, 9.17) is 14.2 Å². The standard InChI is InChI=1S/C29H41N3O3/c1-19-20(2)27-25(28(29(4,5)35-27)32-12-8-9-13-32)21(3)26(19)31-16-14-30(15-17-31)22-10-11-23(33-6)24(18-22)34-7/h10-11,18,28H,8-9,12-17H2,1-7H3. The number of hydrogen-bond acceptors (Lipinski definition) is 6. The lowest BCUT2D eigenvalue weighted by atomic mass is 9.87. The molecule has 2 aromatic carbocycles. The molecular formula is C29H41N3O3. The summed E-state index contributed by atoms with van der Waals surface area (Å²) in [5.41, 5.74) is 7.89. The second-order valence-corrected chi connectivity index (χ2v) is 10.8. The number of benzene rings is 2. The van der Waals surface area contributed by atoms with Crippen LogP contribution in [0.25, 0.3) is 0 Å². The molecule has 6 heteroatoms. The molecular weight excluding hydrogens is 438 g/mol. The minimum absolute atomic E-state index is 0.209. The number of rotatable bonds is 5. The van der Waals surface area contributed by atoms with Gasteiger partial charge in [-0.1, -0.05) is 0 Å². The quantitative estimate of drug-likeness (QED) is 0.582. The fourth-order valence-corrected chi connectivity index (χ4v) is 6.56. The summed E-state index contributed by atoms with van der Waals surface area (Å²) in [5, 5.41) is 0. The van der Waals surface area contributed by atoms with Crippen molar-refractivity contribution >= 4 is 11.4 Å². The van der Waals surface area contributed by atoms with Crippen LogP contribution < -0.4 is 24.0 Å². The highest BCUT2D eigenvalue weighted by atomic mass is 16.5. The summed E-state index contributed by atoms with van der Waals surface area (Å²) in [5.74, 6) is 2.69. The predicted molar refractivity (Wildman–Crippen MR) is 143 cm³/mol. The van der Waals surface area contributed by atoms with E-state index in [9.17, 15) is 0 Å². The lowest BCUT2D eigenvalue weighted by molar-refractivity contribution is 0.0396. The zero-order valence-corrected chi connectivity index (χ0v) is 22.5. The third kappa shape index (κ3) is 4.00. The van der Waals surface area contributed by atoms with Crippen LogP contribution in [0.1, 0.15) is 55.0 Å². The first-order chi connectivity index (χ1) is 16.8. The maximum atomic E-state index is 6.68. The molecule has 3 aliphatic rings. The van der Waals surface area contributed by atoms with E-state index in [2.05, 4.69) is 61.5 Å². The van der Waals surface area contributed by atoms with Crippen LogP contribution in [0.3, 0.4) is 0 Å². The molecule has 0 amide bonds. The van der Waals surface area contributed by atoms with Crippen LogP contribution in [0.4, 0.5) is 11.4 Å². The average Bonchev–Trinajstić information content (AvgIpc) is 3.48. The van der Waals surface area contributed by atoms with E-state index in [1.807, 2.05) is 6.07 Å². The topological polar surface area (TPSA) is 37.4 Å². The fraction of sp³-hybridized carbons (Fsp3) is 0.586. The van der Waals surface area contributed by atoms with Gasteiger partial charge in [-0.15, -0.1) is 0 Å². The Bertz CT molecular complexity index is 1100. The molecule has 0 aliphatic carbocycles. The van der Waals surface area contributed by atoms with E-state index in [0.29, 0.717) is 6.04 Å². The number of likely N-dealkylation sites (tertiary alicyclic amines) is 1. The zero-order chi connectivity index (χ0) is 24.9. The van der Waals surface area contributed by atoms with Crippen molar-refractivity contribution in [1.82, 2.24) is 4.90 Å². The van der Waals surface area contributed by atoms with Gasteiger partial charge in [0.15, 0.2) is 11.5 Å². The van der Waals surface area contributed by atoms with Crippen molar-refractivity contribution in [2.24, 2.45) is 0 Å². The Balaban J connectivity index is 1.43. The number of hydrogen-bond donors (Lipinski definition) is 0. The number of anilines is 2. The first-order valence-corrected chi connectivity index (χ1v) is 13.1. The second kappa shape index (κ2) is 9.12. The predicted octanol–water partition coefficient (Wildman–Crippen LogP) is 5.26. The number of ether oxygens (including phenoxy) is 3. The first-order valence-electron chi connectivity index (χ1n) is 13.1. The Labute approximate surface area is 210 Å². The summed E-state index contributed by atoms with van der Waals surface area (Å²) in [6, 6.07) is 6.54. The van der Waals surface area contributed by atoms with Gasteiger partial charge in [0.25, 0.3) is 0 Å². The van der Waals surface area contributed by atoms with Crippen molar-refractivity contribution in [3.05, 3.63) is 40.5 Å². The van der Waals surface area contributed by atoms with Gasteiger partial charge in [0, 0.05) is 49.2 Å². The number of nitrogens with zero attached hydrogens (tertiary/aromatic N) is 3. The lowest BCUT2D eigenvalue weighted by Crippen LogP contribution is -2.47. The van der Waals surface area contributed by atoms with Gasteiger partial charge in [-0.25, -0.2) is 0 Å². The molecule has 5 rings (SSSR count). The molecule has 3 heterocycles. The molecule has 2 fully saturated rings. The van der Waals surface area contributed by atoms with Crippen LogP contribution in [0.5, 0.6) is 17.2 Å². The van der Waals surface area contributed by atoms with Gasteiger partial charge < -0.3 is 24.0 Å². The fourth-order valence-electron chi connectivity index (χ4n) is 6.56. The van der Waals surface area contributed by atoms with Gasteiger partial charge in [-0.05, 0) is 89.4 Å². The molecule has 190 valence electrons. The van der Waals surface area contributed by atoms with Gasteiger partial charge in [-0.3, -0.25) is 4.90 Å². The summed E-state index contributed by atoms with van der Waals surface area (Å²) >= 11 is 0. The van der Waals surface area contributed by atoms with E-state index in [-0.39, 0.29) is 5.60 Å². The van der Waals surface area contributed by atoms with E-state index in [1.54, 1.807) is 14.2 Å². The largest absolute Gasteiger partial charge is 0.493 e. The monoisotopic (exact) mass is 479 g/mol. The smallest absolute Gasteiger partial charge is 0.162 e. The van der Waals surface area contributed by atoms with E-state index >= 15 is 0 Å². The SMILES string of the molecule is COc1ccc(N2CCN(c3c(C)c(C)c4c(c3C)C(N3CCCC3)C(C)(C)O4)CC2)cc1OC. The van der Waals surface area contributed by atoms with Crippen LogP contribution in [-0.4, -0.2) is 64.0 Å². The minimum atomic E-state index is -0.209. The molecule has 0 N–H and O–H groups in total. The Kier molecular flexibility index (Phi) is 6.28. The highest BCUT2D eigenvalue weighted by Gasteiger charge is 2.47. The van der Waals surface area contributed by atoms with Crippen molar-refractivity contribution in [2.45, 2.75) is 59.1 Å². The van der Waals surface area contributed by atoms with Crippen molar-refractivity contribution in [1.29, 1.82) is 0 Å². The summed E-state index contributed by atoms with van der Waals surface area (Å²) < 4.78 is 17.6. The number of methoxy groups -OCH3 is 2. The van der Waals surface area contributed by atoms with Crippen LogP contribution in [0.2, 0.25) is 0 Å². The van der Waals surface area contributed by atoms with Crippen molar-refractivity contribution in [3.63, 3.8) is 0 Å². The van der Waals surface area contributed by atoms with Crippen LogP contribution in [0.15, 0.2) is 18.2 Å². The second-order valence-electron chi connectivity index (χ2n) is 10.8. The molecule has 0 bridgehead atoms. The highest BCUT2D eigenvalue weighted by molar-refractivity contribution is 5.71. The van der Waals surface area contributed by atoms with Crippen LogP contribution in [-0.2, 0) is 0 Å². The number of fused-ring (bicyclic) bond motifs is 1. The normalized spacial score (nSPS) is 21.7. The Morgan fingerprint density at radius 3 is 2.06 bits per heavy atom. The molecule has 2 aromatic rings. The van der Waals surface area contributed by atoms with Gasteiger partial charge in [0.1, 0.15) is 11.4 Å². The molecule has 3 aliphatic heterocycles.